The standard InChI is InChI=1S/C27H33ClN4OS/c1-26-13-11-20-24(34-25(30-20)31-21-14-15(28)4-8-22(21)33-3)19(26)6-5-16-17-7-9-23(32-29)27(17,2)12-10-18(16)26/h4,6,8,14,16-18H,5,7,9-13,29H2,1-3H3,(H,30,31)/b32-23+/t16-,17-,18-,26+,27-/m0/s1. The summed E-state index contributed by atoms with van der Waals surface area (Å²) >= 11 is 8.02. The number of aromatic nitrogens is 1. The van der Waals surface area contributed by atoms with Gasteiger partial charge in [-0.15, -0.1) is 0 Å². The third kappa shape index (κ3) is 3.17. The Kier molecular flexibility index (Phi) is 5.27. The van der Waals surface area contributed by atoms with Gasteiger partial charge in [0.05, 0.1) is 23.4 Å². The highest BCUT2D eigenvalue weighted by atomic mass is 35.5. The molecule has 0 saturated heterocycles. The number of nitrogens with one attached hydrogen (secondary N) is 1. The van der Waals surface area contributed by atoms with E-state index in [0.717, 1.165) is 47.7 Å². The average Bonchev–Trinajstić information content (AvgIpc) is 3.38. The fourth-order valence-corrected chi connectivity index (χ4v) is 9.20. The minimum atomic E-state index is 0.203. The number of fused-ring (bicyclic) bond motifs is 7. The molecule has 1 aromatic carbocycles. The zero-order chi connectivity index (χ0) is 23.7. The van der Waals surface area contributed by atoms with Crippen molar-refractivity contribution in [3.8, 4) is 5.75 Å². The first-order chi connectivity index (χ1) is 16.4. The van der Waals surface area contributed by atoms with Gasteiger partial charge in [-0.2, -0.15) is 5.10 Å². The van der Waals surface area contributed by atoms with Crippen LogP contribution < -0.4 is 15.9 Å². The van der Waals surface area contributed by atoms with Crippen molar-refractivity contribution in [3.63, 3.8) is 0 Å². The molecule has 1 aromatic heterocycles. The zero-order valence-electron chi connectivity index (χ0n) is 20.2. The lowest BCUT2D eigenvalue weighted by molar-refractivity contribution is 0.0117. The lowest BCUT2D eigenvalue weighted by Gasteiger charge is -2.56. The Morgan fingerprint density at radius 3 is 2.79 bits per heavy atom. The number of aryl methyl sites for hydroxylation is 1. The van der Waals surface area contributed by atoms with Crippen molar-refractivity contribution in [1.29, 1.82) is 0 Å². The van der Waals surface area contributed by atoms with Crippen LogP contribution in [0.25, 0.3) is 5.57 Å². The number of nitrogens with zero attached hydrogens (tertiary/aromatic N) is 2. The van der Waals surface area contributed by atoms with Crippen molar-refractivity contribution >= 4 is 45.0 Å². The lowest BCUT2D eigenvalue weighted by atomic mass is 9.48. The van der Waals surface area contributed by atoms with E-state index in [1.165, 1.54) is 47.5 Å². The van der Waals surface area contributed by atoms with Crippen LogP contribution in [-0.2, 0) is 6.42 Å². The molecule has 0 bridgehead atoms. The van der Waals surface area contributed by atoms with Crippen molar-refractivity contribution in [1.82, 2.24) is 4.98 Å². The van der Waals surface area contributed by atoms with Crippen molar-refractivity contribution in [2.45, 2.75) is 58.8 Å². The molecule has 4 aliphatic rings. The molecule has 0 amide bonds. The number of hydrazone groups is 1. The summed E-state index contributed by atoms with van der Waals surface area (Å²) in [7, 11) is 1.68. The highest BCUT2D eigenvalue weighted by Crippen LogP contribution is 2.65. The van der Waals surface area contributed by atoms with Crippen LogP contribution in [0.1, 0.15) is 62.9 Å². The van der Waals surface area contributed by atoms with Gasteiger partial charge in [0.25, 0.3) is 0 Å². The van der Waals surface area contributed by atoms with E-state index < -0.39 is 0 Å². The predicted molar refractivity (Wildman–Crippen MR) is 141 cm³/mol. The summed E-state index contributed by atoms with van der Waals surface area (Å²) < 4.78 is 5.52. The molecule has 0 unspecified atom stereocenters. The second-order valence-electron chi connectivity index (χ2n) is 11.0. The Morgan fingerprint density at radius 2 is 2.00 bits per heavy atom. The highest BCUT2D eigenvalue weighted by molar-refractivity contribution is 7.16. The quantitative estimate of drug-likeness (QED) is 0.353. The first kappa shape index (κ1) is 22.4. The molecule has 0 aliphatic heterocycles. The van der Waals surface area contributed by atoms with Crippen LogP contribution in [0.4, 0.5) is 10.8 Å². The number of hydrogen-bond donors (Lipinski definition) is 2. The Bertz CT molecular complexity index is 1210. The van der Waals surface area contributed by atoms with E-state index in [-0.39, 0.29) is 10.8 Å². The number of methoxy groups -OCH3 is 1. The summed E-state index contributed by atoms with van der Waals surface area (Å²) in [5.74, 6) is 8.74. The van der Waals surface area contributed by atoms with Gasteiger partial charge in [-0.05, 0) is 91.9 Å². The van der Waals surface area contributed by atoms with Crippen LogP contribution >= 0.6 is 22.9 Å². The van der Waals surface area contributed by atoms with E-state index in [9.17, 15) is 0 Å². The topological polar surface area (TPSA) is 72.5 Å². The summed E-state index contributed by atoms with van der Waals surface area (Å²) in [5, 5.41) is 9.30. The molecule has 2 aromatic rings. The van der Waals surface area contributed by atoms with Crippen LogP contribution in [0.5, 0.6) is 5.75 Å². The number of nitrogens with two attached hydrogens (primary N) is 1. The number of thiazole rings is 1. The molecule has 7 heteroatoms. The molecule has 4 aliphatic carbocycles. The molecular formula is C27H33ClN4OS. The number of ether oxygens (including phenoxy) is 1. The molecule has 0 spiro atoms. The maximum Gasteiger partial charge on any atom is 0.188 e. The van der Waals surface area contributed by atoms with Gasteiger partial charge in [0, 0.05) is 16.1 Å². The summed E-state index contributed by atoms with van der Waals surface area (Å²) in [5.41, 5.74) is 5.30. The molecule has 180 valence electrons. The third-order valence-corrected chi connectivity index (χ3v) is 10.9. The summed E-state index contributed by atoms with van der Waals surface area (Å²) in [6.45, 7) is 4.96. The Balaban J connectivity index is 1.33. The fourth-order valence-electron chi connectivity index (χ4n) is 7.82. The number of allylic oxidation sites excluding steroid dienone is 2. The summed E-state index contributed by atoms with van der Waals surface area (Å²) in [4.78, 5) is 6.38. The van der Waals surface area contributed by atoms with Crippen LogP contribution in [0.15, 0.2) is 29.4 Å². The number of anilines is 2. The van der Waals surface area contributed by atoms with Gasteiger partial charge in [0.2, 0.25) is 0 Å². The second kappa shape index (κ2) is 7.99. The molecule has 3 N–H and O–H groups in total. The SMILES string of the molecule is COc1ccc(Cl)cc1Nc1nc2c(s1)C1=CC[C@@H]3[C@H](CC[C@]4(C)/C(=N/N)CC[C@@H]34)[C@@]1(C)CC2. The molecule has 6 rings (SSSR count). The van der Waals surface area contributed by atoms with Gasteiger partial charge < -0.3 is 15.9 Å². The van der Waals surface area contributed by atoms with Crippen LogP contribution in [-0.4, -0.2) is 17.8 Å². The maximum absolute atomic E-state index is 6.25. The average molecular weight is 497 g/mol. The minimum absolute atomic E-state index is 0.203. The highest BCUT2D eigenvalue weighted by Gasteiger charge is 2.58. The van der Waals surface area contributed by atoms with E-state index in [0.29, 0.717) is 10.9 Å². The Hall–Kier alpha value is -2.05. The van der Waals surface area contributed by atoms with Crippen molar-refractivity contribution in [2.75, 3.05) is 12.4 Å². The maximum atomic E-state index is 6.25. The summed E-state index contributed by atoms with van der Waals surface area (Å²) in [6, 6.07) is 5.63. The van der Waals surface area contributed by atoms with Gasteiger partial charge in [-0.3, -0.25) is 0 Å². The molecular weight excluding hydrogens is 464 g/mol. The monoisotopic (exact) mass is 496 g/mol. The van der Waals surface area contributed by atoms with E-state index in [1.54, 1.807) is 18.4 Å². The lowest BCUT2D eigenvalue weighted by Crippen LogP contribution is -2.49. The Labute approximate surface area is 210 Å². The van der Waals surface area contributed by atoms with Gasteiger partial charge in [-0.1, -0.05) is 42.9 Å². The molecule has 2 saturated carbocycles. The fraction of sp³-hybridized carbons (Fsp3) is 0.556. The number of rotatable bonds is 3. The van der Waals surface area contributed by atoms with Crippen molar-refractivity contribution in [2.24, 2.45) is 39.5 Å². The summed E-state index contributed by atoms with van der Waals surface area (Å²) in [6.07, 6.45) is 10.7. The first-order valence-corrected chi connectivity index (χ1v) is 13.7. The van der Waals surface area contributed by atoms with Crippen LogP contribution in [0.3, 0.4) is 0 Å². The molecule has 5 atom stereocenters. The largest absolute Gasteiger partial charge is 0.495 e. The normalized spacial score (nSPS) is 35.1. The van der Waals surface area contributed by atoms with Crippen molar-refractivity contribution in [3.05, 3.63) is 39.9 Å². The third-order valence-electron chi connectivity index (χ3n) is 9.59. The van der Waals surface area contributed by atoms with E-state index in [2.05, 4.69) is 30.3 Å². The predicted octanol–water partition coefficient (Wildman–Crippen LogP) is 7.05. The second-order valence-corrected chi connectivity index (χ2v) is 12.4. The molecule has 34 heavy (non-hydrogen) atoms. The smallest absolute Gasteiger partial charge is 0.188 e. The van der Waals surface area contributed by atoms with E-state index in [4.69, 9.17) is 27.2 Å². The van der Waals surface area contributed by atoms with Crippen LogP contribution in [0.2, 0.25) is 5.02 Å². The zero-order valence-corrected chi connectivity index (χ0v) is 21.7. The minimum Gasteiger partial charge on any atom is -0.495 e. The molecule has 1 heterocycles. The van der Waals surface area contributed by atoms with Gasteiger partial charge in [0.1, 0.15) is 5.75 Å². The number of halogens is 1. The number of benzene rings is 1. The molecule has 2 fully saturated rings. The number of hydrogen-bond acceptors (Lipinski definition) is 6. The molecule has 0 radical (unpaired) electrons. The Morgan fingerprint density at radius 1 is 1.18 bits per heavy atom. The van der Waals surface area contributed by atoms with Gasteiger partial charge >= 0.3 is 0 Å². The van der Waals surface area contributed by atoms with Gasteiger partial charge in [-0.25, -0.2) is 4.98 Å². The first-order valence-electron chi connectivity index (χ1n) is 12.5. The molecule has 5 nitrogen and oxygen atoms in total. The van der Waals surface area contributed by atoms with E-state index in [1.807, 2.05) is 18.2 Å². The van der Waals surface area contributed by atoms with Crippen LogP contribution in [0, 0.1) is 28.6 Å². The van der Waals surface area contributed by atoms with Gasteiger partial charge in [0.15, 0.2) is 5.13 Å². The van der Waals surface area contributed by atoms with E-state index >= 15 is 0 Å². The van der Waals surface area contributed by atoms with Crippen molar-refractivity contribution < 1.29 is 4.74 Å².